The Kier molecular flexibility index (Phi) is 3.79. The van der Waals surface area contributed by atoms with Crippen molar-refractivity contribution in [3.63, 3.8) is 0 Å². The van der Waals surface area contributed by atoms with Gasteiger partial charge in [0.15, 0.2) is 0 Å². The number of halogens is 1. The van der Waals surface area contributed by atoms with Crippen LogP contribution in [-0.4, -0.2) is 22.4 Å². The predicted molar refractivity (Wildman–Crippen MR) is 68.1 cm³/mol. The lowest BCUT2D eigenvalue weighted by molar-refractivity contribution is 0.0487. The normalized spacial score (nSPS) is 10.4. The minimum atomic E-state index is -0.599. The molecule has 1 heterocycles. The van der Waals surface area contributed by atoms with Crippen molar-refractivity contribution in [2.45, 2.75) is 13.5 Å². The number of rotatable bonds is 4. The summed E-state index contributed by atoms with van der Waals surface area (Å²) in [5.41, 5.74) is 6.28. The third-order valence-corrected chi connectivity index (χ3v) is 2.73. The Balaban J connectivity index is 1.96. The van der Waals surface area contributed by atoms with Gasteiger partial charge in [-0.2, -0.15) is 5.10 Å². The van der Waals surface area contributed by atoms with E-state index in [1.807, 2.05) is 0 Å². The van der Waals surface area contributed by atoms with Crippen molar-refractivity contribution < 1.29 is 13.9 Å². The fourth-order valence-electron chi connectivity index (χ4n) is 1.57. The highest BCUT2D eigenvalue weighted by Gasteiger charge is 2.12. The lowest BCUT2D eigenvalue weighted by atomic mass is 10.1. The van der Waals surface area contributed by atoms with Gasteiger partial charge in [0, 0.05) is 23.6 Å². The Bertz CT molecular complexity index is 559. The first-order valence-corrected chi connectivity index (χ1v) is 5.78. The monoisotopic (exact) mass is 263 g/mol. The summed E-state index contributed by atoms with van der Waals surface area (Å²) in [5, 5.41) is 3.97. The summed E-state index contributed by atoms with van der Waals surface area (Å²) in [4.78, 5) is 11.7. The number of anilines is 1. The van der Waals surface area contributed by atoms with Crippen LogP contribution in [0.3, 0.4) is 0 Å². The van der Waals surface area contributed by atoms with Crippen molar-refractivity contribution in [1.82, 2.24) is 9.78 Å². The van der Waals surface area contributed by atoms with E-state index in [9.17, 15) is 9.18 Å². The molecule has 0 aliphatic heterocycles. The maximum absolute atomic E-state index is 13.4. The van der Waals surface area contributed by atoms with Crippen molar-refractivity contribution in [2.75, 3.05) is 12.3 Å². The quantitative estimate of drug-likeness (QED) is 0.674. The molecule has 0 spiro atoms. The summed E-state index contributed by atoms with van der Waals surface area (Å²) < 4.78 is 20.1. The van der Waals surface area contributed by atoms with Gasteiger partial charge in [-0.05, 0) is 25.1 Å². The van der Waals surface area contributed by atoms with Gasteiger partial charge < -0.3 is 10.5 Å². The molecule has 100 valence electrons. The van der Waals surface area contributed by atoms with Crippen molar-refractivity contribution in [2.24, 2.45) is 0 Å². The van der Waals surface area contributed by atoms with Gasteiger partial charge in [-0.15, -0.1) is 0 Å². The van der Waals surface area contributed by atoms with Gasteiger partial charge >= 0.3 is 5.97 Å². The van der Waals surface area contributed by atoms with Gasteiger partial charge in [-0.25, -0.2) is 9.18 Å². The third-order valence-electron chi connectivity index (χ3n) is 2.73. The predicted octanol–water partition coefficient (Wildman–Crippen LogP) is 1.77. The van der Waals surface area contributed by atoms with E-state index in [4.69, 9.17) is 10.5 Å². The van der Waals surface area contributed by atoms with Crippen LogP contribution < -0.4 is 5.73 Å². The topological polar surface area (TPSA) is 70.1 Å². The van der Waals surface area contributed by atoms with Crippen LogP contribution >= 0.6 is 0 Å². The summed E-state index contributed by atoms with van der Waals surface area (Å²) in [6.07, 6.45) is 3.40. The van der Waals surface area contributed by atoms with Crippen LogP contribution in [0.25, 0.3) is 0 Å². The minimum Gasteiger partial charge on any atom is -0.460 e. The van der Waals surface area contributed by atoms with E-state index in [0.717, 1.165) is 6.07 Å². The molecule has 0 radical (unpaired) electrons. The molecule has 2 aromatic rings. The Morgan fingerprint density at radius 2 is 2.32 bits per heavy atom. The van der Waals surface area contributed by atoms with Gasteiger partial charge in [0.05, 0.1) is 12.1 Å². The van der Waals surface area contributed by atoms with E-state index in [1.165, 1.54) is 6.07 Å². The maximum Gasteiger partial charge on any atom is 0.338 e. The molecule has 0 saturated heterocycles. The third kappa shape index (κ3) is 3.09. The molecule has 0 aliphatic carbocycles. The summed E-state index contributed by atoms with van der Waals surface area (Å²) in [6.45, 7) is 2.16. The fraction of sp³-hybridized carbons (Fsp3) is 0.231. The zero-order chi connectivity index (χ0) is 13.8. The SMILES string of the molecule is Cc1c(N)cc(C(=O)OCCn2cccn2)cc1F. The van der Waals surface area contributed by atoms with Gasteiger partial charge in [0.1, 0.15) is 12.4 Å². The summed E-state index contributed by atoms with van der Waals surface area (Å²) in [6, 6.07) is 4.31. The van der Waals surface area contributed by atoms with E-state index >= 15 is 0 Å². The minimum absolute atomic E-state index is 0.112. The molecule has 0 fully saturated rings. The van der Waals surface area contributed by atoms with Gasteiger partial charge in [0.2, 0.25) is 0 Å². The molecule has 0 aliphatic rings. The van der Waals surface area contributed by atoms with Crippen LogP contribution in [0.5, 0.6) is 0 Å². The highest BCUT2D eigenvalue weighted by molar-refractivity contribution is 5.90. The standard InChI is InChI=1S/C13H14FN3O2/c1-9-11(14)7-10(8-12(9)15)13(18)19-6-5-17-4-2-3-16-17/h2-4,7-8H,5-6,15H2,1H3. The lowest BCUT2D eigenvalue weighted by Gasteiger charge is -2.07. The average Bonchev–Trinajstić information content (AvgIpc) is 2.88. The van der Waals surface area contributed by atoms with E-state index in [2.05, 4.69) is 5.10 Å². The number of benzene rings is 1. The first-order chi connectivity index (χ1) is 9.08. The molecule has 0 unspecified atom stereocenters. The summed E-state index contributed by atoms with van der Waals surface area (Å²) >= 11 is 0. The van der Waals surface area contributed by atoms with Crippen molar-refractivity contribution in [1.29, 1.82) is 0 Å². The van der Waals surface area contributed by atoms with Crippen molar-refractivity contribution in [3.8, 4) is 0 Å². The second-order valence-electron chi connectivity index (χ2n) is 4.08. The van der Waals surface area contributed by atoms with Crippen LogP contribution in [0.4, 0.5) is 10.1 Å². The number of carbonyl (C=O) groups is 1. The highest BCUT2D eigenvalue weighted by atomic mass is 19.1. The Labute approximate surface area is 109 Å². The van der Waals surface area contributed by atoms with Crippen LogP contribution in [0, 0.1) is 12.7 Å². The van der Waals surface area contributed by atoms with E-state index < -0.39 is 11.8 Å². The zero-order valence-electron chi connectivity index (χ0n) is 10.5. The number of nitrogen functional groups attached to an aromatic ring is 1. The molecule has 0 atom stereocenters. The Hall–Kier alpha value is -2.37. The number of hydrogen-bond donors (Lipinski definition) is 1. The van der Waals surface area contributed by atoms with E-state index in [-0.39, 0.29) is 17.9 Å². The van der Waals surface area contributed by atoms with Crippen LogP contribution in [0.1, 0.15) is 15.9 Å². The molecular formula is C13H14FN3O2. The molecule has 0 saturated carbocycles. The van der Waals surface area contributed by atoms with Gasteiger partial charge in [0.25, 0.3) is 0 Å². The largest absolute Gasteiger partial charge is 0.460 e. The number of ether oxygens (including phenoxy) is 1. The Morgan fingerprint density at radius 1 is 1.53 bits per heavy atom. The summed E-state index contributed by atoms with van der Waals surface area (Å²) in [7, 11) is 0. The molecule has 2 rings (SSSR count). The maximum atomic E-state index is 13.4. The second kappa shape index (κ2) is 5.51. The number of aromatic nitrogens is 2. The zero-order valence-corrected chi connectivity index (χ0v) is 10.5. The van der Waals surface area contributed by atoms with Crippen LogP contribution in [0.2, 0.25) is 0 Å². The van der Waals surface area contributed by atoms with Gasteiger partial charge in [-0.1, -0.05) is 0 Å². The van der Waals surface area contributed by atoms with Crippen LogP contribution in [0.15, 0.2) is 30.6 Å². The first-order valence-electron chi connectivity index (χ1n) is 5.78. The highest BCUT2D eigenvalue weighted by Crippen LogP contribution is 2.18. The second-order valence-corrected chi connectivity index (χ2v) is 4.08. The fourth-order valence-corrected chi connectivity index (χ4v) is 1.57. The smallest absolute Gasteiger partial charge is 0.338 e. The molecule has 6 heteroatoms. The van der Waals surface area contributed by atoms with Crippen molar-refractivity contribution >= 4 is 11.7 Å². The first kappa shape index (κ1) is 13.1. The van der Waals surface area contributed by atoms with Gasteiger partial charge in [-0.3, -0.25) is 4.68 Å². The molecule has 0 amide bonds. The van der Waals surface area contributed by atoms with Crippen molar-refractivity contribution in [3.05, 3.63) is 47.5 Å². The molecule has 0 bridgehead atoms. The molecule has 19 heavy (non-hydrogen) atoms. The molecule has 5 nitrogen and oxygen atoms in total. The molecule has 1 aromatic heterocycles. The molecular weight excluding hydrogens is 249 g/mol. The van der Waals surface area contributed by atoms with E-state index in [0.29, 0.717) is 12.1 Å². The number of nitrogens with two attached hydrogens (primary N) is 1. The number of esters is 1. The average molecular weight is 263 g/mol. The Morgan fingerprint density at radius 3 is 2.95 bits per heavy atom. The number of nitrogens with zero attached hydrogens (tertiary/aromatic N) is 2. The van der Waals surface area contributed by atoms with E-state index in [1.54, 1.807) is 30.1 Å². The molecule has 2 N–H and O–H groups in total. The number of hydrogen-bond acceptors (Lipinski definition) is 4. The molecule has 1 aromatic carbocycles. The summed E-state index contributed by atoms with van der Waals surface area (Å²) in [5.74, 6) is -1.11. The number of carbonyl (C=O) groups excluding carboxylic acids is 1. The van der Waals surface area contributed by atoms with Crippen LogP contribution in [-0.2, 0) is 11.3 Å². The lowest BCUT2D eigenvalue weighted by Crippen LogP contribution is -2.12.